The number of thioether (sulfide) groups is 1. The summed E-state index contributed by atoms with van der Waals surface area (Å²) in [7, 11) is 0. The highest BCUT2D eigenvalue weighted by Gasteiger charge is 2.30. The molecule has 0 aliphatic heterocycles. The van der Waals surface area contributed by atoms with Crippen LogP contribution in [0.15, 0.2) is 27.5 Å². The summed E-state index contributed by atoms with van der Waals surface area (Å²) in [5, 5.41) is 7.45. The highest BCUT2D eigenvalue weighted by molar-refractivity contribution is 7.98. The smallest absolute Gasteiger partial charge is 0.416 e. The Hall–Kier alpha value is -1.70. The molecule has 0 aliphatic carbocycles. The predicted octanol–water partition coefficient (Wildman–Crippen LogP) is 3.27. The number of benzene rings is 1. The SMILES string of the molecule is Cc1nnc(CSc2ccc(C(F)(F)F)cc2N)o1. The lowest BCUT2D eigenvalue weighted by Crippen LogP contribution is -2.05. The van der Waals surface area contributed by atoms with Crippen molar-refractivity contribution in [2.75, 3.05) is 5.73 Å². The van der Waals surface area contributed by atoms with Crippen LogP contribution >= 0.6 is 11.8 Å². The quantitative estimate of drug-likeness (QED) is 0.694. The Labute approximate surface area is 111 Å². The molecular formula is C11H10F3N3OS. The van der Waals surface area contributed by atoms with Crippen LogP contribution in [0.2, 0.25) is 0 Å². The summed E-state index contributed by atoms with van der Waals surface area (Å²) >= 11 is 1.24. The highest BCUT2D eigenvalue weighted by Crippen LogP contribution is 2.35. The van der Waals surface area contributed by atoms with Crippen LogP contribution in [0.4, 0.5) is 18.9 Å². The Morgan fingerprint density at radius 1 is 1.32 bits per heavy atom. The van der Waals surface area contributed by atoms with Gasteiger partial charge in [0.05, 0.1) is 11.3 Å². The second-order valence-corrected chi connectivity index (χ2v) is 4.77. The monoisotopic (exact) mass is 289 g/mol. The summed E-state index contributed by atoms with van der Waals surface area (Å²) < 4.78 is 42.5. The molecule has 0 atom stereocenters. The normalized spacial score (nSPS) is 11.8. The molecule has 0 saturated heterocycles. The molecule has 1 heterocycles. The van der Waals surface area contributed by atoms with Crippen molar-refractivity contribution in [3.63, 3.8) is 0 Å². The van der Waals surface area contributed by atoms with E-state index in [0.29, 0.717) is 22.4 Å². The summed E-state index contributed by atoms with van der Waals surface area (Å²) in [5.74, 6) is 1.20. The average molecular weight is 289 g/mol. The van der Waals surface area contributed by atoms with Gasteiger partial charge in [-0.15, -0.1) is 22.0 Å². The number of anilines is 1. The van der Waals surface area contributed by atoms with E-state index in [-0.39, 0.29) is 5.69 Å². The van der Waals surface area contributed by atoms with Crippen LogP contribution in [0, 0.1) is 6.92 Å². The van der Waals surface area contributed by atoms with Crippen LogP contribution in [-0.2, 0) is 11.9 Å². The first-order valence-electron chi connectivity index (χ1n) is 5.25. The number of alkyl halides is 3. The summed E-state index contributed by atoms with van der Waals surface area (Å²) in [6.45, 7) is 1.66. The lowest BCUT2D eigenvalue weighted by atomic mass is 10.2. The molecular weight excluding hydrogens is 279 g/mol. The van der Waals surface area contributed by atoms with Gasteiger partial charge in [-0.05, 0) is 18.2 Å². The molecule has 0 radical (unpaired) electrons. The fraction of sp³-hybridized carbons (Fsp3) is 0.273. The molecule has 19 heavy (non-hydrogen) atoms. The fourth-order valence-corrected chi connectivity index (χ4v) is 2.18. The minimum absolute atomic E-state index is 0.0797. The van der Waals surface area contributed by atoms with Gasteiger partial charge in [-0.25, -0.2) is 0 Å². The van der Waals surface area contributed by atoms with E-state index < -0.39 is 11.7 Å². The Bertz CT molecular complexity index is 583. The van der Waals surface area contributed by atoms with Gasteiger partial charge < -0.3 is 10.2 Å². The molecule has 2 rings (SSSR count). The van der Waals surface area contributed by atoms with Crippen LogP contribution in [0.1, 0.15) is 17.3 Å². The second kappa shape index (κ2) is 5.12. The van der Waals surface area contributed by atoms with Crippen molar-refractivity contribution in [3.05, 3.63) is 35.5 Å². The lowest BCUT2D eigenvalue weighted by Gasteiger charge is -2.09. The number of hydrogen-bond acceptors (Lipinski definition) is 5. The van der Waals surface area contributed by atoms with Crippen molar-refractivity contribution >= 4 is 17.4 Å². The van der Waals surface area contributed by atoms with E-state index in [1.54, 1.807) is 6.92 Å². The molecule has 0 saturated carbocycles. The molecule has 0 amide bonds. The van der Waals surface area contributed by atoms with E-state index in [9.17, 15) is 13.2 Å². The maximum atomic E-state index is 12.5. The summed E-state index contributed by atoms with van der Waals surface area (Å²) in [5.41, 5.74) is 4.92. The molecule has 1 aromatic carbocycles. The third-order valence-corrected chi connectivity index (χ3v) is 3.33. The first-order valence-corrected chi connectivity index (χ1v) is 6.23. The zero-order valence-electron chi connectivity index (χ0n) is 9.86. The van der Waals surface area contributed by atoms with Crippen molar-refractivity contribution in [2.45, 2.75) is 23.7 Å². The Balaban J connectivity index is 2.09. The van der Waals surface area contributed by atoms with Crippen LogP contribution in [0.3, 0.4) is 0 Å². The number of nitrogens with two attached hydrogens (primary N) is 1. The molecule has 8 heteroatoms. The maximum Gasteiger partial charge on any atom is 0.416 e. The van der Waals surface area contributed by atoms with Gasteiger partial charge in [-0.1, -0.05) is 0 Å². The van der Waals surface area contributed by atoms with Crippen LogP contribution in [-0.4, -0.2) is 10.2 Å². The molecule has 2 N–H and O–H groups in total. The lowest BCUT2D eigenvalue weighted by molar-refractivity contribution is -0.137. The Morgan fingerprint density at radius 3 is 2.58 bits per heavy atom. The second-order valence-electron chi connectivity index (χ2n) is 3.75. The van der Waals surface area contributed by atoms with Gasteiger partial charge in [0.1, 0.15) is 0 Å². The van der Waals surface area contributed by atoms with Gasteiger partial charge in [-0.2, -0.15) is 13.2 Å². The van der Waals surface area contributed by atoms with E-state index in [1.165, 1.54) is 17.8 Å². The van der Waals surface area contributed by atoms with E-state index in [4.69, 9.17) is 10.2 Å². The number of halogens is 3. The van der Waals surface area contributed by atoms with Crippen molar-refractivity contribution in [2.24, 2.45) is 0 Å². The van der Waals surface area contributed by atoms with Gasteiger partial charge in [-0.3, -0.25) is 0 Å². The van der Waals surface area contributed by atoms with Crippen molar-refractivity contribution in [1.82, 2.24) is 10.2 Å². The molecule has 0 bridgehead atoms. The summed E-state index contributed by atoms with van der Waals surface area (Å²) in [4.78, 5) is 0.545. The molecule has 1 aromatic heterocycles. The third kappa shape index (κ3) is 3.40. The summed E-state index contributed by atoms with van der Waals surface area (Å²) in [6.07, 6.45) is -4.39. The van der Waals surface area contributed by atoms with E-state index >= 15 is 0 Å². The summed E-state index contributed by atoms with van der Waals surface area (Å²) in [6, 6.07) is 3.26. The van der Waals surface area contributed by atoms with E-state index in [0.717, 1.165) is 12.1 Å². The Kier molecular flexibility index (Phi) is 3.70. The highest BCUT2D eigenvalue weighted by atomic mass is 32.2. The molecule has 0 aliphatic rings. The standard InChI is InChI=1S/C11H10F3N3OS/c1-6-16-17-10(18-6)5-19-9-3-2-7(4-8(9)15)11(12,13)14/h2-4H,5,15H2,1H3. The molecule has 0 unspecified atom stereocenters. The van der Waals surface area contributed by atoms with Gasteiger partial charge in [0.2, 0.25) is 11.8 Å². The van der Waals surface area contributed by atoms with Crippen molar-refractivity contribution in [3.8, 4) is 0 Å². The van der Waals surface area contributed by atoms with Crippen molar-refractivity contribution < 1.29 is 17.6 Å². The number of nitrogens with zero attached hydrogens (tertiary/aromatic N) is 2. The number of aromatic nitrogens is 2. The number of rotatable bonds is 3. The van der Waals surface area contributed by atoms with Gasteiger partial charge >= 0.3 is 6.18 Å². The topological polar surface area (TPSA) is 64.9 Å². The minimum atomic E-state index is -4.39. The third-order valence-electron chi connectivity index (χ3n) is 2.26. The number of nitrogen functional groups attached to an aromatic ring is 1. The molecule has 2 aromatic rings. The predicted molar refractivity (Wildman–Crippen MR) is 64.5 cm³/mol. The minimum Gasteiger partial charge on any atom is -0.425 e. The molecule has 102 valence electrons. The maximum absolute atomic E-state index is 12.5. The van der Waals surface area contributed by atoms with Gasteiger partial charge in [0.15, 0.2) is 0 Å². The largest absolute Gasteiger partial charge is 0.425 e. The van der Waals surface area contributed by atoms with Crippen LogP contribution in [0.5, 0.6) is 0 Å². The van der Waals surface area contributed by atoms with Gasteiger partial charge in [0, 0.05) is 17.5 Å². The Morgan fingerprint density at radius 2 is 2.05 bits per heavy atom. The number of aryl methyl sites for hydroxylation is 1. The zero-order valence-corrected chi connectivity index (χ0v) is 10.7. The van der Waals surface area contributed by atoms with Crippen LogP contribution in [0.25, 0.3) is 0 Å². The zero-order chi connectivity index (χ0) is 14.0. The van der Waals surface area contributed by atoms with Gasteiger partial charge in [0.25, 0.3) is 0 Å². The number of hydrogen-bond donors (Lipinski definition) is 1. The fourth-order valence-electron chi connectivity index (χ4n) is 1.39. The van der Waals surface area contributed by atoms with Crippen molar-refractivity contribution in [1.29, 1.82) is 0 Å². The first-order chi connectivity index (χ1) is 8.86. The van der Waals surface area contributed by atoms with Crippen LogP contribution < -0.4 is 5.73 Å². The average Bonchev–Trinajstić information content (AvgIpc) is 2.72. The molecule has 0 spiro atoms. The van der Waals surface area contributed by atoms with E-state index in [2.05, 4.69) is 10.2 Å². The first kappa shape index (κ1) is 13.7. The molecule has 4 nitrogen and oxygen atoms in total. The van der Waals surface area contributed by atoms with E-state index in [1.807, 2.05) is 0 Å². The molecule has 0 fully saturated rings.